The summed E-state index contributed by atoms with van der Waals surface area (Å²) in [5.41, 5.74) is 1.34. The quantitative estimate of drug-likeness (QED) is 0.899. The van der Waals surface area contributed by atoms with Crippen LogP contribution in [0.15, 0.2) is 18.2 Å². The number of piperidine rings is 2. The molecule has 2 nitrogen and oxygen atoms in total. The van der Waals surface area contributed by atoms with Gasteiger partial charge in [0.15, 0.2) is 0 Å². The summed E-state index contributed by atoms with van der Waals surface area (Å²) < 4.78 is 13.4. The van der Waals surface area contributed by atoms with E-state index < -0.39 is 0 Å². The van der Waals surface area contributed by atoms with E-state index in [0.717, 1.165) is 38.3 Å². The van der Waals surface area contributed by atoms with E-state index in [2.05, 4.69) is 10.2 Å². The van der Waals surface area contributed by atoms with Crippen LogP contribution >= 0.6 is 11.6 Å². The summed E-state index contributed by atoms with van der Waals surface area (Å²) >= 11 is 6.19. The number of halogens is 2. The fourth-order valence-electron chi connectivity index (χ4n) is 3.73. The summed E-state index contributed by atoms with van der Waals surface area (Å²) in [6.45, 7) is 5.23. The van der Waals surface area contributed by atoms with Crippen LogP contribution in [0.5, 0.6) is 0 Å². The molecule has 2 aliphatic rings. The zero-order valence-corrected chi connectivity index (χ0v) is 12.6. The van der Waals surface area contributed by atoms with E-state index in [4.69, 9.17) is 11.6 Å². The van der Waals surface area contributed by atoms with Crippen molar-refractivity contribution in [1.82, 2.24) is 10.2 Å². The molecule has 2 aliphatic heterocycles. The van der Waals surface area contributed by atoms with Gasteiger partial charge in [-0.3, -0.25) is 4.90 Å². The van der Waals surface area contributed by atoms with Crippen LogP contribution in [-0.4, -0.2) is 31.1 Å². The molecule has 0 saturated carbocycles. The van der Waals surface area contributed by atoms with E-state index in [1.54, 1.807) is 12.1 Å². The third-order valence-corrected chi connectivity index (χ3v) is 5.07. The summed E-state index contributed by atoms with van der Waals surface area (Å²) in [5, 5.41) is 4.21. The second kappa shape index (κ2) is 6.00. The summed E-state index contributed by atoms with van der Waals surface area (Å²) in [6, 6.07) is 4.66. The van der Waals surface area contributed by atoms with Crippen molar-refractivity contribution >= 4 is 11.6 Å². The lowest BCUT2D eigenvalue weighted by Crippen LogP contribution is -2.50. The fourth-order valence-corrected chi connectivity index (χ4v) is 3.91. The number of rotatable bonds is 2. The third kappa shape index (κ3) is 3.16. The lowest BCUT2D eigenvalue weighted by atomic mass is 9.74. The van der Waals surface area contributed by atoms with Gasteiger partial charge in [0, 0.05) is 24.7 Å². The highest BCUT2D eigenvalue weighted by atomic mass is 35.5. The zero-order valence-electron chi connectivity index (χ0n) is 11.8. The van der Waals surface area contributed by atoms with E-state index in [9.17, 15) is 4.39 Å². The van der Waals surface area contributed by atoms with Gasteiger partial charge < -0.3 is 5.32 Å². The van der Waals surface area contributed by atoms with E-state index in [1.165, 1.54) is 31.7 Å². The van der Waals surface area contributed by atoms with Gasteiger partial charge in [0.2, 0.25) is 0 Å². The minimum atomic E-state index is -0.199. The first kappa shape index (κ1) is 14.3. The van der Waals surface area contributed by atoms with Crippen LogP contribution in [0.2, 0.25) is 5.02 Å². The first-order valence-electron chi connectivity index (χ1n) is 7.54. The van der Waals surface area contributed by atoms with Gasteiger partial charge in [-0.2, -0.15) is 0 Å². The van der Waals surface area contributed by atoms with Gasteiger partial charge in [0.25, 0.3) is 0 Å². The predicted molar refractivity (Wildman–Crippen MR) is 80.5 cm³/mol. The fraction of sp³-hybridized carbons (Fsp3) is 0.625. The normalized spacial score (nSPS) is 27.9. The van der Waals surface area contributed by atoms with Crippen molar-refractivity contribution in [2.45, 2.75) is 32.2 Å². The molecule has 0 aromatic heterocycles. The highest BCUT2D eigenvalue weighted by molar-refractivity contribution is 6.31. The number of likely N-dealkylation sites (tertiary alicyclic amines) is 1. The molecule has 0 amide bonds. The van der Waals surface area contributed by atoms with Crippen LogP contribution in [0.25, 0.3) is 0 Å². The lowest BCUT2D eigenvalue weighted by molar-refractivity contribution is 0.0600. The predicted octanol–water partition coefficient (Wildman–Crippen LogP) is 3.44. The van der Waals surface area contributed by atoms with E-state index in [0.29, 0.717) is 10.4 Å². The van der Waals surface area contributed by atoms with E-state index >= 15 is 0 Å². The van der Waals surface area contributed by atoms with Gasteiger partial charge in [0.1, 0.15) is 5.82 Å². The second-order valence-electron chi connectivity index (χ2n) is 6.33. The maximum Gasteiger partial charge on any atom is 0.123 e. The van der Waals surface area contributed by atoms with Gasteiger partial charge >= 0.3 is 0 Å². The minimum absolute atomic E-state index is 0.199. The smallest absolute Gasteiger partial charge is 0.123 e. The van der Waals surface area contributed by atoms with Crippen LogP contribution in [-0.2, 0) is 6.54 Å². The summed E-state index contributed by atoms with van der Waals surface area (Å²) in [5.74, 6) is -0.199. The van der Waals surface area contributed by atoms with Gasteiger partial charge in [-0.25, -0.2) is 4.39 Å². The standard InChI is InChI=1S/C16H22ClFN2/c17-15-4-3-14(18)9-13(15)10-20-8-2-6-16(12-20)5-1-7-19-11-16/h3-4,9,19H,1-2,5-8,10-12H2. The van der Waals surface area contributed by atoms with Crippen LogP contribution < -0.4 is 5.32 Å². The molecule has 1 aromatic rings. The Morgan fingerprint density at radius 3 is 2.95 bits per heavy atom. The second-order valence-corrected chi connectivity index (χ2v) is 6.74. The Morgan fingerprint density at radius 2 is 2.15 bits per heavy atom. The number of nitrogens with zero attached hydrogens (tertiary/aromatic N) is 1. The zero-order chi connectivity index (χ0) is 14.0. The van der Waals surface area contributed by atoms with Crippen LogP contribution in [0, 0.1) is 11.2 Å². The minimum Gasteiger partial charge on any atom is -0.316 e. The number of hydrogen-bond donors (Lipinski definition) is 1. The Bertz CT molecular complexity index is 466. The monoisotopic (exact) mass is 296 g/mol. The molecule has 0 bridgehead atoms. The molecule has 1 N–H and O–H groups in total. The molecule has 1 aromatic carbocycles. The van der Waals surface area contributed by atoms with Crippen molar-refractivity contribution in [2.75, 3.05) is 26.2 Å². The van der Waals surface area contributed by atoms with E-state index in [1.807, 2.05) is 0 Å². The highest BCUT2D eigenvalue weighted by Crippen LogP contribution is 2.36. The molecule has 2 fully saturated rings. The third-order valence-electron chi connectivity index (χ3n) is 4.70. The van der Waals surface area contributed by atoms with Crippen molar-refractivity contribution in [3.8, 4) is 0 Å². The molecule has 0 radical (unpaired) electrons. The molecule has 20 heavy (non-hydrogen) atoms. The van der Waals surface area contributed by atoms with Gasteiger partial charge in [-0.1, -0.05) is 11.6 Å². The average molecular weight is 297 g/mol. The lowest BCUT2D eigenvalue weighted by Gasteiger charge is -2.45. The van der Waals surface area contributed by atoms with Gasteiger partial charge in [0.05, 0.1) is 0 Å². The van der Waals surface area contributed by atoms with Crippen molar-refractivity contribution in [1.29, 1.82) is 0 Å². The number of benzene rings is 1. The molecule has 110 valence electrons. The molecule has 0 aliphatic carbocycles. The SMILES string of the molecule is Fc1ccc(Cl)c(CN2CCCC3(CCCNC3)C2)c1. The first-order valence-corrected chi connectivity index (χ1v) is 7.92. The molecular formula is C16H22ClFN2. The molecule has 1 spiro atoms. The van der Waals surface area contributed by atoms with Crippen molar-refractivity contribution < 1.29 is 4.39 Å². The molecule has 1 unspecified atom stereocenters. The van der Waals surface area contributed by atoms with Crippen LogP contribution in [0.4, 0.5) is 4.39 Å². The molecule has 4 heteroatoms. The van der Waals surface area contributed by atoms with Crippen molar-refractivity contribution in [3.63, 3.8) is 0 Å². The Kier molecular flexibility index (Phi) is 4.29. The molecule has 1 atom stereocenters. The number of nitrogens with one attached hydrogen (secondary N) is 1. The summed E-state index contributed by atoms with van der Waals surface area (Å²) in [7, 11) is 0. The number of hydrogen-bond acceptors (Lipinski definition) is 2. The maximum absolute atomic E-state index is 13.4. The summed E-state index contributed by atoms with van der Waals surface area (Å²) in [6.07, 6.45) is 5.13. The van der Waals surface area contributed by atoms with Gasteiger partial charge in [-0.15, -0.1) is 0 Å². The molecular weight excluding hydrogens is 275 g/mol. The topological polar surface area (TPSA) is 15.3 Å². The molecule has 2 saturated heterocycles. The van der Waals surface area contributed by atoms with Crippen LogP contribution in [0.1, 0.15) is 31.2 Å². The largest absolute Gasteiger partial charge is 0.316 e. The first-order chi connectivity index (χ1) is 9.67. The van der Waals surface area contributed by atoms with Gasteiger partial charge in [-0.05, 0) is 68.0 Å². The highest BCUT2D eigenvalue weighted by Gasteiger charge is 2.36. The van der Waals surface area contributed by atoms with Crippen molar-refractivity contribution in [3.05, 3.63) is 34.6 Å². The Labute approximate surface area is 125 Å². The average Bonchev–Trinajstić information content (AvgIpc) is 2.44. The maximum atomic E-state index is 13.4. The van der Waals surface area contributed by atoms with Crippen LogP contribution in [0.3, 0.4) is 0 Å². The Balaban J connectivity index is 1.69. The van der Waals surface area contributed by atoms with E-state index in [-0.39, 0.29) is 5.82 Å². The summed E-state index contributed by atoms with van der Waals surface area (Å²) in [4.78, 5) is 2.44. The molecule has 3 rings (SSSR count). The van der Waals surface area contributed by atoms with Crippen molar-refractivity contribution in [2.24, 2.45) is 5.41 Å². The Hall–Kier alpha value is -0.640. The Morgan fingerprint density at radius 1 is 1.30 bits per heavy atom. The molecule has 2 heterocycles.